The van der Waals surface area contributed by atoms with Crippen molar-refractivity contribution in [2.24, 2.45) is 5.16 Å². The van der Waals surface area contributed by atoms with E-state index in [0.29, 0.717) is 5.70 Å². The zero-order valence-electron chi connectivity index (χ0n) is 9.40. The maximum absolute atomic E-state index is 10.9. The minimum absolute atomic E-state index is 0.482. The first kappa shape index (κ1) is 15.6. The van der Waals surface area contributed by atoms with Crippen molar-refractivity contribution in [2.45, 2.75) is 20.8 Å². The summed E-state index contributed by atoms with van der Waals surface area (Å²) in [7, 11) is 0. The van der Waals surface area contributed by atoms with Crippen LogP contribution in [0.5, 0.6) is 0 Å². The molecule has 0 aromatic rings. The molecule has 4 heteroatoms. The summed E-state index contributed by atoms with van der Waals surface area (Å²) in [6.45, 7) is 9.27. The Balaban J connectivity index is 0. The molecule has 0 bridgehead atoms. The molecule has 15 heavy (non-hydrogen) atoms. The van der Waals surface area contributed by atoms with Crippen molar-refractivity contribution in [2.75, 3.05) is 0 Å². The Morgan fingerprint density at radius 3 is 2.47 bits per heavy atom. The predicted octanol–water partition coefficient (Wildman–Crippen LogP) is 2.23. The van der Waals surface area contributed by atoms with Gasteiger partial charge in [-0.05, 0) is 13.0 Å². The van der Waals surface area contributed by atoms with Crippen molar-refractivity contribution in [3.8, 4) is 0 Å². The molecule has 0 saturated heterocycles. The monoisotopic (exact) mass is 210 g/mol. The van der Waals surface area contributed by atoms with Crippen LogP contribution in [0, 0.1) is 0 Å². The fourth-order valence-corrected chi connectivity index (χ4v) is 0.609. The summed E-state index contributed by atoms with van der Waals surface area (Å²) in [5.74, 6) is -0.482. The zero-order chi connectivity index (χ0) is 12.1. The third-order valence-electron chi connectivity index (χ3n) is 1.17. The number of nitrogens with one attached hydrogen (secondary N) is 1. The summed E-state index contributed by atoms with van der Waals surface area (Å²) in [5, 5.41) is 13.1. The van der Waals surface area contributed by atoms with Crippen LogP contribution in [0.2, 0.25) is 0 Å². The van der Waals surface area contributed by atoms with Crippen molar-refractivity contribution < 1.29 is 10.0 Å². The lowest BCUT2D eigenvalue weighted by molar-refractivity contribution is -0.113. The molecular formula is C11H18N2O2. The van der Waals surface area contributed by atoms with Gasteiger partial charge in [-0.15, -0.1) is 0 Å². The molecule has 84 valence electrons. The van der Waals surface area contributed by atoms with E-state index in [1.54, 1.807) is 31.2 Å². The molecule has 0 unspecified atom stereocenters. The smallest absolute Gasteiger partial charge is 0.270 e. The lowest BCUT2D eigenvalue weighted by Crippen LogP contribution is -2.22. The Hall–Kier alpha value is -1.84. The first-order valence-corrected chi connectivity index (χ1v) is 4.68. The van der Waals surface area contributed by atoms with E-state index in [9.17, 15) is 4.79 Å². The van der Waals surface area contributed by atoms with E-state index < -0.39 is 5.91 Å². The minimum Gasteiger partial charge on any atom is -0.411 e. The van der Waals surface area contributed by atoms with Gasteiger partial charge in [0.25, 0.3) is 5.91 Å². The molecule has 0 saturated carbocycles. The molecule has 4 nitrogen and oxygen atoms in total. The van der Waals surface area contributed by atoms with Crippen LogP contribution >= 0.6 is 0 Å². The maximum Gasteiger partial charge on any atom is 0.270 e. The Kier molecular flexibility index (Phi) is 12.7. The fraction of sp³-hybridized carbons (Fsp3) is 0.273. The summed E-state index contributed by atoms with van der Waals surface area (Å²) in [6.07, 6.45) is 7.45. The fourth-order valence-electron chi connectivity index (χ4n) is 0.609. The molecule has 0 rings (SSSR count). The van der Waals surface area contributed by atoms with E-state index in [4.69, 9.17) is 5.21 Å². The number of nitrogens with zero attached hydrogens (tertiary/aromatic N) is 1. The highest BCUT2D eigenvalue weighted by Gasteiger charge is 1.96. The van der Waals surface area contributed by atoms with Gasteiger partial charge in [-0.1, -0.05) is 43.8 Å². The van der Waals surface area contributed by atoms with Crippen LogP contribution in [-0.4, -0.2) is 17.3 Å². The van der Waals surface area contributed by atoms with Gasteiger partial charge in [0.05, 0.1) is 0 Å². The number of rotatable bonds is 4. The Labute approximate surface area is 90.7 Å². The molecule has 0 spiro atoms. The molecule has 0 heterocycles. The average molecular weight is 210 g/mol. The van der Waals surface area contributed by atoms with Crippen molar-refractivity contribution in [3.63, 3.8) is 0 Å². The second kappa shape index (κ2) is 12.2. The molecule has 0 fully saturated rings. The van der Waals surface area contributed by atoms with E-state index in [1.807, 2.05) is 13.8 Å². The lowest BCUT2D eigenvalue weighted by atomic mass is 10.3. The number of carbonyl (C=O) groups is 1. The lowest BCUT2D eigenvalue weighted by Gasteiger charge is -1.99. The average Bonchev–Trinajstić information content (AvgIpc) is 2.27. The molecule has 0 radical (unpaired) electrons. The second-order valence-electron chi connectivity index (χ2n) is 2.07. The standard InChI is InChI=1S/C9H12N2O2.C2H6/c1-3-5-6-8(4-2)11-9(12)7-10-13;1-2/h3-7,13H,1H2,2H3,(H,11,12);1-2H3/b6-5-,8-4+,10-7+;. The normalized spacial score (nSPS) is 11.0. The molecule has 0 aromatic carbocycles. The van der Waals surface area contributed by atoms with E-state index >= 15 is 0 Å². The molecule has 0 aliphatic rings. The summed E-state index contributed by atoms with van der Waals surface area (Å²) < 4.78 is 0. The highest BCUT2D eigenvalue weighted by atomic mass is 16.4. The maximum atomic E-state index is 10.9. The van der Waals surface area contributed by atoms with Gasteiger partial charge in [0.2, 0.25) is 0 Å². The largest absolute Gasteiger partial charge is 0.411 e. The first-order chi connectivity index (χ1) is 7.24. The topological polar surface area (TPSA) is 61.7 Å². The van der Waals surface area contributed by atoms with Gasteiger partial charge >= 0.3 is 0 Å². The van der Waals surface area contributed by atoms with Crippen LogP contribution in [-0.2, 0) is 4.79 Å². The molecule has 0 aromatic heterocycles. The predicted molar refractivity (Wildman–Crippen MR) is 62.9 cm³/mol. The van der Waals surface area contributed by atoms with Gasteiger partial charge in [0.15, 0.2) is 0 Å². The Morgan fingerprint density at radius 2 is 2.07 bits per heavy atom. The molecule has 0 atom stereocenters. The number of allylic oxidation sites excluding steroid dienone is 4. The third-order valence-corrected chi connectivity index (χ3v) is 1.17. The van der Waals surface area contributed by atoms with Gasteiger partial charge in [-0.2, -0.15) is 0 Å². The van der Waals surface area contributed by atoms with E-state index in [-0.39, 0.29) is 0 Å². The van der Waals surface area contributed by atoms with Gasteiger partial charge in [0, 0.05) is 5.70 Å². The molecule has 0 aliphatic heterocycles. The summed E-state index contributed by atoms with van der Waals surface area (Å²) >= 11 is 0. The molecule has 1 amide bonds. The number of hydrogen-bond acceptors (Lipinski definition) is 3. The van der Waals surface area contributed by atoms with Crippen LogP contribution in [0.15, 0.2) is 41.7 Å². The zero-order valence-corrected chi connectivity index (χ0v) is 9.40. The van der Waals surface area contributed by atoms with Crippen molar-refractivity contribution in [3.05, 3.63) is 36.6 Å². The van der Waals surface area contributed by atoms with Crippen LogP contribution < -0.4 is 5.32 Å². The Bertz CT molecular complexity index is 266. The molecule has 2 N–H and O–H groups in total. The van der Waals surface area contributed by atoms with Gasteiger partial charge in [-0.3, -0.25) is 4.79 Å². The van der Waals surface area contributed by atoms with Crippen molar-refractivity contribution in [1.82, 2.24) is 5.32 Å². The highest BCUT2D eigenvalue weighted by Crippen LogP contribution is 1.91. The van der Waals surface area contributed by atoms with E-state index in [0.717, 1.165) is 6.21 Å². The van der Waals surface area contributed by atoms with Gasteiger partial charge in [0.1, 0.15) is 6.21 Å². The molecular weight excluding hydrogens is 192 g/mol. The van der Waals surface area contributed by atoms with Crippen LogP contribution in [0.1, 0.15) is 20.8 Å². The van der Waals surface area contributed by atoms with Crippen LogP contribution in [0.25, 0.3) is 0 Å². The first-order valence-electron chi connectivity index (χ1n) is 4.68. The van der Waals surface area contributed by atoms with Crippen LogP contribution in [0.3, 0.4) is 0 Å². The van der Waals surface area contributed by atoms with E-state index in [1.165, 1.54) is 0 Å². The summed E-state index contributed by atoms with van der Waals surface area (Å²) in [4.78, 5) is 10.9. The van der Waals surface area contributed by atoms with Crippen LogP contribution in [0.4, 0.5) is 0 Å². The minimum atomic E-state index is -0.482. The summed E-state index contributed by atoms with van der Waals surface area (Å²) in [5.41, 5.74) is 0.616. The summed E-state index contributed by atoms with van der Waals surface area (Å²) in [6, 6.07) is 0. The quantitative estimate of drug-likeness (QED) is 0.323. The number of hydrogen-bond donors (Lipinski definition) is 2. The van der Waals surface area contributed by atoms with Crippen molar-refractivity contribution >= 4 is 12.1 Å². The molecule has 0 aliphatic carbocycles. The van der Waals surface area contributed by atoms with Crippen molar-refractivity contribution in [1.29, 1.82) is 0 Å². The Morgan fingerprint density at radius 1 is 1.47 bits per heavy atom. The highest BCUT2D eigenvalue weighted by molar-refractivity contribution is 6.26. The SMILES string of the molecule is C=C/C=C\C(=C/C)NC(=O)/C=N/O.CC. The number of amides is 1. The van der Waals surface area contributed by atoms with Gasteiger partial charge in [-0.25, -0.2) is 0 Å². The number of carbonyl (C=O) groups excluding carboxylic acids is 1. The number of oxime groups is 1. The third kappa shape index (κ3) is 10.1. The second-order valence-corrected chi connectivity index (χ2v) is 2.07. The van der Waals surface area contributed by atoms with Gasteiger partial charge < -0.3 is 10.5 Å². The van der Waals surface area contributed by atoms with E-state index in [2.05, 4.69) is 17.1 Å².